The van der Waals surface area contributed by atoms with Crippen LogP contribution in [0.5, 0.6) is 0 Å². The standard InChI is InChI=1S/C18H16N4O2S/c19-17(24)20-14(23)11-25-18-21-15(12-7-3-1-4-8-12)16(22-18)13-9-5-2-6-10-13/h1-10H,11H2,(H,21,22)(H3,19,20,23,24). The molecule has 0 bridgehead atoms. The highest BCUT2D eigenvalue weighted by atomic mass is 32.2. The minimum Gasteiger partial charge on any atom is -0.351 e. The third-order valence-corrected chi connectivity index (χ3v) is 4.27. The van der Waals surface area contributed by atoms with E-state index in [1.54, 1.807) is 0 Å². The summed E-state index contributed by atoms with van der Waals surface area (Å²) in [6.45, 7) is 0. The quantitative estimate of drug-likeness (QED) is 0.614. The molecule has 126 valence electrons. The Labute approximate surface area is 148 Å². The second-order valence-corrected chi connectivity index (χ2v) is 6.16. The number of nitrogens with zero attached hydrogens (tertiary/aromatic N) is 1. The maximum absolute atomic E-state index is 11.6. The summed E-state index contributed by atoms with van der Waals surface area (Å²) in [5.74, 6) is -0.421. The summed E-state index contributed by atoms with van der Waals surface area (Å²) in [6, 6.07) is 18.8. The highest BCUT2D eigenvalue weighted by Crippen LogP contribution is 2.32. The van der Waals surface area contributed by atoms with Gasteiger partial charge in [0, 0.05) is 11.1 Å². The third kappa shape index (κ3) is 4.27. The van der Waals surface area contributed by atoms with Crippen LogP contribution < -0.4 is 11.1 Å². The van der Waals surface area contributed by atoms with Crippen LogP contribution in [-0.4, -0.2) is 27.7 Å². The summed E-state index contributed by atoms with van der Waals surface area (Å²) < 4.78 is 0. The minimum atomic E-state index is -0.861. The molecule has 0 saturated heterocycles. The number of urea groups is 1. The molecule has 0 saturated carbocycles. The zero-order valence-corrected chi connectivity index (χ0v) is 14.0. The highest BCUT2D eigenvalue weighted by molar-refractivity contribution is 7.99. The van der Waals surface area contributed by atoms with Crippen LogP contribution in [0.3, 0.4) is 0 Å². The van der Waals surface area contributed by atoms with Gasteiger partial charge in [-0.25, -0.2) is 9.78 Å². The van der Waals surface area contributed by atoms with Crippen molar-refractivity contribution in [2.75, 3.05) is 5.75 Å². The van der Waals surface area contributed by atoms with E-state index in [-0.39, 0.29) is 5.75 Å². The summed E-state index contributed by atoms with van der Waals surface area (Å²) in [7, 11) is 0. The molecule has 0 radical (unpaired) electrons. The molecule has 0 spiro atoms. The average Bonchev–Trinajstić information content (AvgIpc) is 3.05. The SMILES string of the molecule is NC(=O)NC(=O)CSc1nc(-c2ccccc2)c(-c2ccccc2)[nH]1. The highest BCUT2D eigenvalue weighted by Gasteiger charge is 2.15. The van der Waals surface area contributed by atoms with E-state index in [9.17, 15) is 9.59 Å². The van der Waals surface area contributed by atoms with Gasteiger partial charge >= 0.3 is 6.03 Å². The number of primary amides is 1. The smallest absolute Gasteiger partial charge is 0.318 e. The first kappa shape index (κ1) is 16.8. The second-order valence-electron chi connectivity index (χ2n) is 5.20. The van der Waals surface area contributed by atoms with Crippen LogP contribution >= 0.6 is 11.8 Å². The lowest BCUT2D eigenvalue weighted by molar-refractivity contribution is -0.117. The summed E-state index contributed by atoms with van der Waals surface area (Å²) in [5, 5.41) is 2.63. The zero-order chi connectivity index (χ0) is 17.6. The summed E-state index contributed by atoms with van der Waals surface area (Å²) in [6.07, 6.45) is 0. The van der Waals surface area contributed by atoms with E-state index < -0.39 is 11.9 Å². The van der Waals surface area contributed by atoms with E-state index >= 15 is 0 Å². The molecule has 1 aromatic heterocycles. The van der Waals surface area contributed by atoms with Gasteiger partial charge in [0.1, 0.15) is 0 Å². The van der Waals surface area contributed by atoms with Crippen LogP contribution in [0.4, 0.5) is 4.79 Å². The number of thioether (sulfide) groups is 1. The average molecular weight is 352 g/mol. The molecule has 2 aromatic carbocycles. The summed E-state index contributed by atoms with van der Waals surface area (Å²) >= 11 is 1.21. The summed E-state index contributed by atoms with van der Waals surface area (Å²) in [5.41, 5.74) is 8.61. The number of carbonyl (C=O) groups is 2. The number of imidazole rings is 1. The fourth-order valence-corrected chi connectivity index (χ4v) is 3.02. The van der Waals surface area contributed by atoms with Gasteiger partial charge in [-0.15, -0.1) is 0 Å². The molecule has 25 heavy (non-hydrogen) atoms. The van der Waals surface area contributed by atoms with Crippen LogP contribution in [0.15, 0.2) is 65.8 Å². The van der Waals surface area contributed by atoms with E-state index in [2.05, 4.69) is 9.97 Å². The normalized spacial score (nSPS) is 10.4. The third-order valence-electron chi connectivity index (χ3n) is 3.39. The molecule has 6 nitrogen and oxygen atoms in total. The van der Waals surface area contributed by atoms with E-state index in [0.29, 0.717) is 5.16 Å². The lowest BCUT2D eigenvalue weighted by atomic mass is 10.1. The Morgan fingerprint density at radius 3 is 2.20 bits per heavy atom. The van der Waals surface area contributed by atoms with Crippen molar-refractivity contribution in [3.8, 4) is 22.5 Å². The second kappa shape index (κ2) is 7.67. The van der Waals surface area contributed by atoms with E-state index in [4.69, 9.17) is 5.73 Å². The molecule has 0 fully saturated rings. The number of nitrogens with one attached hydrogen (secondary N) is 2. The summed E-state index contributed by atoms with van der Waals surface area (Å²) in [4.78, 5) is 30.2. The Bertz CT molecular complexity index is 822. The van der Waals surface area contributed by atoms with Gasteiger partial charge in [0.05, 0.1) is 17.1 Å². The lowest BCUT2D eigenvalue weighted by Gasteiger charge is -2.02. The number of amides is 3. The molecule has 0 aliphatic heterocycles. The van der Waals surface area contributed by atoms with E-state index in [1.807, 2.05) is 66.0 Å². The number of hydrogen-bond donors (Lipinski definition) is 3. The number of nitrogens with two attached hydrogens (primary N) is 1. The van der Waals surface area contributed by atoms with Gasteiger partial charge in [-0.1, -0.05) is 72.4 Å². The number of H-pyrrole nitrogens is 1. The molecule has 3 aromatic rings. The minimum absolute atomic E-state index is 0.0406. The Morgan fingerprint density at radius 1 is 1.00 bits per heavy atom. The molecule has 0 unspecified atom stereocenters. The molecule has 0 atom stereocenters. The molecular formula is C18H16N4O2S. The Balaban J connectivity index is 1.90. The van der Waals surface area contributed by atoms with Crippen molar-refractivity contribution >= 4 is 23.7 Å². The maximum Gasteiger partial charge on any atom is 0.318 e. The van der Waals surface area contributed by atoms with Gasteiger partial charge in [-0.3, -0.25) is 10.1 Å². The van der Waals surface area contributed by atoms with Crippen molar-refractivity contribution in [1.82, 2.24) is 15.3 Å². The number of benzene rings is 2. The number of hydrogen-bond acceptors (Lipinski definition) is 4. The van der Waals surface area contributed by atoms with Crippen LogP contribution in [0.2, 0.25) is 0 Å². The van der Waals surface area contributed by atoms with Crippen LogP contribution in [0.25, 0.3) is 22.5 Å². The fourth-order valence-electron chi connectivity index (χ4n) is 2.35. The predicted octanol–water partition coefficient (Wildman–Crippen LogP) is 3.03. The van der Waals surface area contributed by atoms with Crippen molar-refractivity contribution in [2.45, 2.75) is 5.16 Å². The van der Waals surface area contributed by atoms with Crippen molar-refractivity contribution in [2.24, 2.45) is 5.73 Å². The lowest BCUT2D eigenvalue weighted by Crippen LogP contribution is -2.36. The van der Waals surface area contributed by atoms with Gasteiger partial charge in [-0.2, -0.15) is 0 Å². The van der Waals surface area contributed by atoms with Crippen LogP contribution in [-0.2, 0) is 4.79 Å². The Hall–Kier alpha value is -3.06. The van der Waals surface area contributed by atoms with Crippen molar-refractivity contribution in [1.29, 1.82) is 0 Å². The number of aromatic amines is 1. The largest absolute Gasteiger partial charge is 0.351 e. The first-order chi connectivity index (χ1) is 12.1. The molecule has 1 heterocycles. The van der Waals surface area contributed by atoms with Gasteiger partial charge in [0.15, 0.2) is 5.16 Å². The number of imide groups is 1. The molecule has 0 aliphatic rings. The molecule has 4 N–H and O–H groups in total. The van der Waals surface area contributed by atoms with Gasteiger partial charge < -0.3 is 10.7 Å². The first-order valence-electron chi connectivity index (χ1n) is 7.56. The van der Waals surface area contributed by atoms with E-state index in [0.717, 1.165) is 22.5 Å². The van der Waals surface area contributed by atoms with E-state index in [1.165, 1.54) is 11.8 Å². The zero-order valence-electron chi connectivity index (χ0n) is 13.2. The predicted molar refractivity (Wildman–Crippen MR) is 97.9 cm³/mol. The Morgan fingerprint density at radius 2 is 1.60 bits per heavy atom. The van der Waals surface area contributed by atoms with Crippen LogP contribution in [0, 0.1) is 0 Å². The number of carbonyl (C=O) groups excluding carboxylic acids is 2. The topological polar surface area (TPSA) is 101 Å². The monoisotopic (exact) mass is 352 g/mol. The van der Waals surface area contributed by atoms with Crippen molar-refractivity contribution in [3.63, 3.8) is 0 Å². The molecule has 0 aliphatic carbocycles. The molecular weight excluding hydrogens is 336 g/mol. The Kier molecular flexibility index (Phi) is 5.15. The number of rotatable bonds is 5. The molecule has 7 heteroatoms. The van der Waals surface area contributed by atoms with Gasteiger partial charge in [-0.05, 0) is 0 Å². The van der Waals surface area contributed by atoms with Crippen LogP contribution in [0.1, 0.15) is 0 Å². The molecule has 3 rings (SSSR count). The van der Waals surface area contributed by atoms with Crippen molar-refractivity contribution in [3.05, 3.63) is 60.7 Å². The number of aromatic nitrogens is 2. The maximum atomic E-state index is 11.6. The van der Waals surface area contributed by atoms with Gasteiger partial charge in [0.25, 0.3) is 0 Å². The fraction of sp³-hybridized carbons (Fsp3) is 0.0556. The first-order valence-corrected chi connectivity index (χ1v) is 8.55. The van der Waals surface area contributed by atoms with Crippen molar-refractivity contribution < 1.29 is 9.59 Å². The molecule has 3 amide bonds. The van der Waals surface area contributed by atoms with Gasteiger partial charge in [0.2, 0.25) is 5.91 Å².